The van der Waals surface area contributed by atoms with E-state index in [-0.39, 0.29) is 5.02 Å². The molecule has 0 aliphatic carbocycles. The number of anilines is 1. The lowest BCUT2D eigenvalue weighted by Gasteiger charge is -2.17. The minimum atomic E-state index is -0.864. The number of carbonyl (C=O) groups excluding carboxylic acids is 2. The average Bonchev–Trinajstić information content (AvgIpc) is 2.67. The third kappa shape index (κ3) is 4.90. The fourth-order valence-electron chi connectivity index (χ4n) is 2.18. The first-order valence-electron chi connectivity index (χ1n) is 7.83. The minimum Gasteiger partial charge on any atom is -0.493 e. The molecule has 2 aromatic carbocycles. The molecule has 0 bridgehead atoms. The van der Waals surface area contributed by atoms with Crippen molar-refractivity contribution in [3.63, 3.8) is 0 Å². The number of amides is 1. The summed E-state index contributed by atoms with van der Waals surface area (Å²) >= 11 is 5.95. The van der Waals surface area contributed by atoms with Gasteiger partial charge in [0.2, 0.25) is 0 Å². The molecule has 2 aromatic rings. The number of benzene rings is 2. The lowest BCUT2D eigenvalue weighted by atomic mass is 10.2. The van der Waals surface area contributed by atoms with Crippen LogP contribution in [0.2, 0.25) is 5.02 Å². The highest BCUT2D eigenvalue weighted by Gasteiger charge is 2.19. The highest BCUT2D eigenvalue weighted by atomic mass is 35.5. The summed E-state index contributed by atoms with van der Waals surface area (Å²) in [6.07, 6.45) is -0.864. The van der Waals surface area contributed by atoms with Crippen LogP contribution in [0.5, 0.6) is 11.5 Å². The Balaban J connectivity index is 2.11. The molecule has 0 unspecified atom stereocenters. The summed E-state index contributed by atoms with van der Waals surface area (Å²) in [7, 11) is 2.70. The zero-order chi connectivity index (χ0) is 20.0. The number of nitrogens with zero attached hydrogens (tertiary/aromatic N) is 1. The molecule has 8 heteroatoms. The smallest absolute Gasteiger partial charge is 0.337 e. The number of nitriles is 1. The van der Waals surface area contributed by atoms with Gasteiger partial charge in [0.25, 0.3) is 5.91 Å². The predicted molar refractivity (Wildman–Crippen MR) is 99.2 cm³/mol. The zero-order valence-corrected chi connectivity index (χ0v) is 15.7. The number of ether oxygens (including phenoxy) is 3. The van der Waals surface area contributed by atoms with E-state index in [0.717, 1.165) is 0 Å². The lowest BCUT2D eigenvalue weighted by Crippen LogP contribution is -2.30. The molecule has 0 aliphatic rings. The van der Waals surface area contributed by atoms with Gasteiger partial charge in [0.05, 0.1) is 30.4 Å². The Kier molecular flexibility index (Phi) is 6.63. The number of halogens is 1. The van der Waals surface area contributed by atoms with Crippen LogP contribution in [-0.2, 0) is 9.53 Å². The molecule has 1 amide bonds. The quantitative estimate of drug-likeness (QED) is 0.761. The average molecular weight is 389 g/mol. The van der Waals surface area contributed by atoms with Crippen molar-refractivity contribution in [1.82, 2.24) is 0 Å². The van der Waals surface area contributed by atoms with Crippen LogP contribution in [0, 0.1) is 11.3 Å². The largest absolute Gasteiger partial charge is 0.493 e. The van der Waals surface area contributed by atoms with Gasteiger partial charge in [0, 0.05) is 5.69 Å². The van der Waals surface area contributed by atoms with Crippen molar-refractivity contribution in [3.05, 3.63) is 52.5 Å². The van der Waals surface area contributed by atoms with Crippen LogP contribution in [0.25, 0.3) is 0 Å². The maximum Gasteiger partial charge on any atom is 0.337 e. The van der Waals surface area contributed by atoms with Gasteiger partial charge >= 0.3 is 5.97 Å². The van der Waals surface area contributed by atoms with E-state index >= 15 is 0 Å². The Labute approximate surface area is 161 Å². The van der Waals surface area contributed by atoms with Crippen molar-refractivity contribution in [2.45, 2.75) is 13.0 Å². The molecule has 0 saturated heterocycles. The molecule has 1 atom stereocenters. The van der Waals surface area contributed by atoms with Crippen molar-refractivity contribution in [1.29, 1.82) is 5.26 Å². The Hall–Kier alpha value is -3.24. The van der Waals surface area contributed by atoms with E-state index in [0.29, 0.717) is 28.3 Å². The summed E-state index contributed by atoms with van der Waals surface area (Å²) in [5.41, 5.74) is 1.05. The number of nitrogens with one attached hydrogen (secondary N) is 1. The number of hydrogen-bond acceptors (Lipinski definition) is 6. The molecule has 0 heterocycles. The molecule has 140 valence electrons. The second-order valence-corrected chi connectivity index (χ2v) is 5.82. The summed E-state index contributed by atoms with van der Waals surface area (Å²) < 4.78 is 15.5. The molecule has 0 radical (unpaired) electrons. The normalized spacial score (nSPS) is 11.1. The van der Waals surface area contributed by atoms with Crippen LogP contribution in [0.3, 0.4) is 0 Å². The fourth-order valence-corrected chi connectivity index (χ4v) is 2.40. The molecule has 1 N–H and O–H groups in total. The Morgan fingerprint density at radius 2 is 1.89 bits per heavy atom. The van der Waals surface area contributed by atoms with Crippen LogP contribution in [0.1, 0.15) is 22.8 Å². The summed E-state index contributed by atoms with van der Waals surface area (Å²) in [5, 5.41) is 11.8. The predicted octanol–water partition coefficient (Wildman–Crippen LogP) is 3.41. The molecule has 27 heavy (non-hydrogen) atoms. The number of carbonyl (C=O) groups is 2. The molecule has 0 spiro atoms. The van der Waals surface area contributed by atoms with E-state index in [1.165, 1.54) is 44.6 Å². The van der Waals surface area contributed by atoms with Gasteiger partial charge in [-0.15, -0.1) is 0 Å². The van der Waals surface area contributed by atoms with Crippen LogP contribution in [0.15, 0.2) is 36.4 Å². The third-order valence-corrected chi connectivity index (χ3v) is 3.93. The van der Waals surface area contributed by atoms with E-state index < -0.39 is 18.0 Å². The van der Waals surface area contributed by atoms with E-state index in [9.17, 15) is 9.59 Å². The zero-order valence-electron chi connectivity index (χ0n) is 14.9. The van der Waals surface area contributed by atoms with Gasteiger partial charge in [0.1, 0.15) is 6.07 Å². The number of methoxy groups -OCH3 is 2. The molecule has 2 rings (SSSR count). The van der Waals surface area contributed by atoms with E-state index in [2.05, 4.69) is 10.1 Å². The van der Waals surface area contributed by atoms with E-state index in [1.54, 1.807) is 13.0 Å². The van der Waals surface area contributed by atoms with Gasteiger partial charge in [-0.1, -0.05) is 11.6 Å². The maximum atomic E-state index is 12.3. The van der Waals surface area contributed by atoms with Crippen molar-refractivity contribution in [2.75, 3.05) is 19.5 Å². The third-order valence-electron chi connectivity index (χ3n) is 3.61. The second kappa shape index (κ2) is 8.92. The Morgan fingerprint density at radius 3 is 2.48 bits per heavy atom. The second-order valence-electron chi connectivity index (χ2n) is 5.41. The molecule has 0 aliphatic heterocycles. The van der Waals surface area contributed by atoms with Crippen molar-refractivity contribution >= 4 is 29.2 Å². The highest BCUT2D eigenvalue weighted by molar-refractivity contribution is 6.32. The van der Waals surface area contributed by atoms with Crippen molar-refractivity contribution in [3.8, 4) is 17.6 Å². The highest BCUT2D eigenvalue weighted by Crippen LogP contribution is 2.29. The lowest BCUT2D eigenvalue weighted by molar-refractivity contribution is -0.122. The van der Waals surface area contributed by atoms with Crippen LogP contribution in [0.4, 0.5) is 5.69 Å². The summed E-state index contributed by atoms with van der Waals surface area (Å²) in [5.74, 6) is -0.345. The first-order chi connectivity index (χ1) is 12.9. The molecule has 0 aromatic heterocycles. The number of rotatable bonds is 6. The van der Waals surface area contributed by atoms with E-state index in [4.69, 9.17) is 26.3 Å². The van der Waals surface area contributed by atoms with Crippen LogP contribution in [-0.4, -0.2) is 32.2 Å². The van der Waals surface area contributed by atoms with Gasteiger partial charge < -0.3 is 19.5 Å². The summed E-state index contributed by atoms with van der Waals surface area (Å²) in [4.78, 5) is 23.9. The fraction of sp³-hybridized carbons (Fsp3) is 0.211. The number of hydrogen-bond donors (Lipinski definition) is 1. The standard InChI is InChI=1S/C19H17ClN2O5/c1-11(18(23)22-14-6-4-13(10-21)15(20)9-14)27-16-7-5-12(19(24)26-3)8-17(16)25-2/h4-9,11H,1-3H3,(H,22,23)/t11-/m1/s1. The summed E-state index contributed by atoms with van der Waals surface area (Å²) in [6.45, 7) is 1.56. The first-order valence-corrected chi connectivity index (χ1v) is 8.21. The molecule has 0 fully saturated rings. The van der Waals surface area contributed by atoms with Crippen molar-refractivity contribution < 1.29 is 23.8 Å². The SMILES string of the molecule is COC(=O)c1ccc(O[C@H](C)C(=O)Nc2ccc(C#N)c(Cl)c2)c(OC)c1. The van der Waals surface area contributed by atoms with E-state index in [1.807, 2.05) is 6.07 Å². The molecular weight excluding hydrogens is 372 g/mol. The molecule has 0 saturated carbocycles. The minimum absolute atomic E-state index is 0.240. The van der Waals surface area contributed by atoms with Crippen molar-refractivity contribution in [2.24, 2.45) is 0 Å². The monoisotopic (exact) mass is 388 g/mol. The molecule has 7 nitrogen and oxygen atoms in total. The first kappa shape index (κ1) is 20.1. The topological polar surface area (TPSA) is 97.6 Å². The van der Waals surface area contributed by atoms with Gasteiger partial charge in [-0.2, -0.15) is 5.26 Å². The van der Waals surface area contributed by atoms with Crippen LogP contribution < -0.4 is 14.8 Å². The summed E-state index contributed by atoms with van der Waals surface area (Å²) in [6, 6.07) is 11.0. The van der Waals surface area contributed by atoms with Gasteiger partial charge in [-0.05, 0) is 43.3 Å². The maximum absolute atomic E-state index is 12.3. The van der Waals surface area contributed by atoms with Crippen LogP contribution >= 0.6 is 11.6 Å². The van der Waals surface area contributed by atoms with Gasteiger partial charge in [-0.3, -0.25) is 4.79 Å². The van der Waals surface area contributed by atoms with Gasteiger partial charge in [0.15, 0.2) is 17.6 Å². The van der Waals surface area contributed by atoms with Gasteiger partial charge in [-0.25, -0.2) is 4.79 Å². The number of esters is 1. The molecular formula is C19H17ClN2O5. The Bertz CT molecular complexity index is 907. The Morgan fingerprint density at radius 1 is 1.15 bits per heavy atom.